The molecule has 2 N–H and O–H groups in total. The summed E-state index contributed by atoms with van der Waals surface area (Å²) in [6.07, 6.45) is 3.40. The van der Waals surface area contributed by atoms with Crippen molar-refractivity contribution in [2.45, 2.75) is 31.7 Å². The number of hydrogen-bond acceptors (Lipinski definition) is 4. The van der Waals surface area contributed by atoms with E-state index in [4.69, 9.17) is 5.26 Å². The predicted octanol–water partition coefficient (Wildman–Crippen LogP) is 2.50. The number of nitrogens with one attached hydrogen (secondary N) is 1. The van der Waals surface area contributed by atoms with Crippen LogP contribution in [0.5, 0.6) is 0 Å². The Morgan fingerprint density at radius 2 is 2.04 bits per heavy atom. The van der Waals surface area contributed by atoms with Crippen LogP contribution in [0.1, 0.15) is 36.0 Å². The van der Waals surface area contributed by atoms with Crippen molar-refractivity contribution in [3.63, 3.8) is 0 Å². The SMILES string of the molecule is N#CCCCC[C@@H](NC(=O)c1ccnc2ccccc12)C(=O)O. The number of rotatable bonds is 7. The quantitative estimate of drug-likeness (QED) is 0.765. The summed E-state index contributed by atoms with van der Waals surface area (Å²) in [5.74, 6) is -1.51. The van der Waals surface area contributed by atoms with Crippen LogP contribution in [0.3, 0.4) is 0 Å². The van der Waals surface area contributed by atoms with Crippen LogP contribution in [0.2, 0.25) is 0 Å². The van der Waals surface area contributed by atoms with E-state index in [0.29, 0.717) is 42.1 Å². The van der Waals surface area contributed by atoms with Gasteiger partial charge in [0.2, 0.25) is 0 Å². The highest BCUT2D eigenvalue weighted by Gasteiger charge is 2.21. The van der Waals surface area contributed by atoms with Crippen molar-refractivity contribution in [3.05, 3.63) is 42.1 Å². The van der Waals surface area contributed by atoms with Crippen molar-refractivity contribution in [2.24, 2.45) is 0 Å². The molecule has 2 rings (SSSR count). The molecule has 2 aromatic rings. The Morgan fingerprint density at radius 3 is 2.78 bits per heavy atom. The fraction of sp³-hybridized carbons (Fsp3) is 0.294. The lowest BCUT2D eigenvalue weighted by Crippen LogP contribution is -2.40. The molecule has 0 spiro atoms. The Kier molecular flexibility index (Phi) is 5.64. The number of carbonyl (C=O) groups excluding carboxylic acids is 1. The van der Waals surface area contributed by atoms with Crippen LogP contribution in [0.15, 0.2) is 36.5 Å². The van der Waals surface area contributed by atoms with E-state index >= 15 is 0 Å². The summed E-state index contributed by atoms with van der Waals surface area (Å²) in [7, 11) is 0. The molecule has 6 heteroatoms. The molecule has 0 aliphatic rings. The first-order chi connectivity index (χ1) is 11.1. The Morgan fingerprint density at radius 1 is 1.26 bits per heavy atom. The molecular weight excluding hydrogens is 294 g/mol. The first-order valence-electron chi connectivity index (χ1n) is 7.38. The van der Waals surface area contributed by atoms with Crippen LogP contribution in [-0.2, 0) is 4.79 Å². The minimum atomic E-state index is -1.08. The summed E-state index contributed by atoms with van der Waals surface area (Å²) in [6.45, 7) is 0. The van der Waals surface area contributed by atoms with E-state index in [-0.39, 0.29) is 0 Å². The highest BCUT2D eigenvalue weighted by Crippen LogP contribution is 2.16. The van der Waals surface area contributed by atoms with Crippen molar-refractivity contribution in [1.29, 1.82) is 5.26 Å². The summed E-state index contributed by atoms with van der Waals surface area (Å²) in [4.78, 5) is 27.9. The maximum Gasteiger partial charge on any atom is 0.326 e. The maximum atomic E-state index is 12.4. The van der Waals surface area contributed by atoms with E-state index in [1.54, 1.807) is 24.3 Å². The van der Waals surface area contributed by atoms with Gasteiger partial charge < -0.3 is 10.4 Å². The second-order valence-corrected chi connectivity index (χ2v) is 5.14. The number of hydrogen-bond donors (Lipinski definition) is 2. The van der Waals surface area contributed by atoms with Crippen molar-refractivity contribution >= 4 is 22.8 Å². The molecule has 6 nitrogen and oxygen atoms in total. The van der Waals surface area contributed by atoms with Gasteiger partial charge in [-0.1, -0.05) is 18.2 Å². The molecule has 0 saturated carbocycles. The molecule has 0 fully saturated rings. The van der Waals surface area contributed by atoms with Crippen molar-refractivity contribution in [2.75, 3.05) is 0 Å². The number of pyridine rings is 1. The number of nitriles is 1. The van der Waals surface area contributed by atoms with Gasteiger partial charge >= 0.3 is 5.97 Å². The molecule has 1 atom stereocenters. The van der Waals surface area contributed by atoms with Crippen LogP contribution in [0.25, 0.3) is 10.9 Å². The van der Waals surface area contributed by atoms with E-state index < -0.39 is 17.9 Å². The number of aromatic nitrogens is 1. The zero-order chi connectivity index (χ0) is 16.7. The van der Waals surface area contributed by atoms with E-state index in [2.05, 4.69) is 10.3 Å². The Labute approximate surface area is 133 Å². The molecule has 23 heavy (non-hydrogen) atoms. The minimum Gasteiger partial charge on any atom is -0.480 e. The summed E-state index contributed by atoms with van der Waals surface area (Å²) in [5, 5.41) is 21.0. The summed E-state index contributed by atoms with van der Waals surface area (Å²) in [6, 6.07) is 9.83. The number of amides is 1. The molecule has 0 bridgehead atoms. The smallest absolute Gasteiger partial charge is 0.326 e. The predicted molar refractivity (Wildman–Crippen MR) is 84.7 cm³/mol. The fourth-order valence-corrected chi connectivity index (χ4v) is 2.34. The third-order valence-corrected chi connectivity index (χ3v) is 3.53. The number of para-hydroxylation sites is 1. The van der Waals surface area contributed by atoms with Crippen LogP contribution >= 0.6 is 0 Å². The number of aliphatic carboxylic acids is 1. The van der Waals surface area contributed by atoms with Gasteiger partial charge in [-0.15, -0.1) is 0 Å². The first kappa shape index (κ1) is 16.4. The average molecular weight is 311 g/mol. The molecule has 0 aliphatic heterocycles. The van der Waals surface area contributed by atoms with Crippen molar-refractivity contribution < 1.29 is 14.7 Å². The lowest BCUT2D eigenvalue weighted by Gasteiger charge is -2.15. The number of fused-ring (bicyclic) bond motifs is 1. The number of unbranched alkanes of at least 4 members (excludes halogenated alkanes) is 2. The van der Waals surface area contributed by atoms with Crippen LogP contribution in [-0.4, -0.2) is 28.0 Å². The normalized spacial score (nSPS) is 11.6. The Hall–Kier alpha value is -2.94. The third kappa shape index (κ3) is 4.27. The third-order valence-electron chi connectivity index (χ3n) is 3.53. The first-order valence-corrected chi connectivity index (χ1v) is 7.38. The number of nitrogens with zero attached hydrogens (tertiary/aromatic N) is 2. The molecule has 0 saturated heterocycles. The monoisotopic (exact) mass is 311 g/mol. The molecule has 0 radical (unpaired) electrons. The molecule has 118 valence electrons. The second-order valence-electron chi connectivity index (χ2n) is 5.14. The zero-order valence-electron chi connectivity index (χ0n) is 12.5. The molecule has 1 aromatic carbocycles. The lowest BCUT2D eigenvalue weighted by molar-refractivity contribution is -0.139. The van der Waals surface area contributed by atoms with E-state index in [9.17, 15) is 14.7 Å². The van der Waals surface area contributed by atoms with Crippen LogP contribution in [0.4, 0.5) is 0 Å². The molecule has 1 aromatic heterocycles. The van der Waals surface area contributed by atoms with Gasteiger partial charge in [-0.05, 0) is 31.4 Å². The van der Waals surface area contributed by atoms with Crippen molar-refractivity contribution in [1.82, 2.24) is 10.3 Å². The van der Waals surface area contributed by atoms with Gasteiger partial charge in [-0.2, -0.15) is 5.26 Å². The molecule has 0 unspecified atom stereocenters. The molecule has 1 amide bonds. The van der Waals surface area contributed by atoms with Gasteiger partial charge in [0.1, 0.15) is 6.04 Å². The number of carboxylic acid groups (broad SMARTS) is 1. The van der Waals surface area contributed by atoms with Gasteiger partial charge in [0.05, 0.1) is 17.1 Å². The molecule has 1 heterocycles. The van der Waals surface area contributed by atoms with Crippen LogP contribution < -0.4 is 5.32 Å². The summed E-state index contributed by atoms with van der Waals surface area (Å²) in [5.41, 5.74) is 1.08. The lowest BCUT2D eigenvalue weighted by atomic mass is 10.1. The fourth-order valence-electron chi connectivity index (χ4n) is 2.34. The Bertz CT molecular complexity index is 747. The summed E-state index contributed by atoms with van der Waals surface area (Å²) < 4.78 is 0. The van der Waals surface area contributed by atoms with E-state index in [0.717, 1.165) is 0 Å². The highest BCUT2D eigenvalue weighted by molar-refractivity contribution is 6.06. The van der Waals surface area contributed by atoms with E-state index in [1.165, 1.54) is 6.20 Å². The second kappa shape index (κ2) is 7.90. The molecule has 0 aliphatic carbocycles. The van der Waals surface area contributed by atoms with Crippen molar-refractivity contribution in [3.8, 4) is 6.07 Å². The van der Waals surface area contributed by atoms with Gasteiger partial charge in [0.15, 0.2) is 0 Å². The maximum absolute atomic E-state index is 12.4. The Balaban J connectivity index is 2.11. The zero-order valence-corrected chi connectivity index (χ0v) is 12.5. The highest BCUT2D eigenvalue weighted by atomic mass is 16.4. The van der Waals surface area contributed by atoms with Gasteiger partial charge in [0.25, 0.3) is 5.91 Å². The van der Waals surface area contributed by atoms with Gasteiger partial charge in [0, 0.05) is 18.0 Å². The largest absolute Gasteiger partial charge is 0.480 e. The average Bonchev–Trinajstić information content (AvgIpc) is 2.56. The number of benzene rings is 1. The standard InChI is InChI=1S/C17H17N3O3/c18-10-5-1-2-8-15(17(22)23)20-16(21)13-9-11-19-14-7-4-3-6-12(13)14/h3-4,6-7,9,11,15H,1-2,5,8H2,(H,20,21)(H,22,23)/t15-/m1/s1. The van der Waals surface area contributed by atoms with Crippen LogP contribution in [0, 0.1) is 11.3 Å². The van der Waals surface area contributed by atoms with Gasteiger partial charge in [-0.3, -0.25) is 9.78 Å². The molecular formula is C17H17N3O3. The van der Waals surface area contributed by atoms with Gasteiger partial charge in [-0.25, -0.2) is 4.79 Å². The summed E-state index contributed by atoms with van der Waals surface area (Å²) >= 11 is 0. The van der Waals surface area contributed by atoms with E-state index in [1.807, 2.05) is 12.1 Å². The number of carbonyl (C=O) groups is 2. The minimum absolute atomic E-state index is 0.297. The number of carboxylic acids is 1. The topological polar surface area (TPSA) is 103 Å².